The van der Waals surface area contributed by atoms with E-state index < -0.39 is 12.1 Å². The highest BCUT2D eigenvalue weighted by atomic mass is 35.5. The van der Waals surface area contributed by atoms with E-state index in [-0.39, 0.29) is 41.7 Å². The van der Waals surface area contributed by atoms with Crippen molar-refractivity contribution in [2.24, 2.45) is 0 Å². The Balaban J connectivity index is 0.00000272. The van der Waals surface area contributed by atoms with Crippen molar-refractivity contribution in [1.82, 2.24) is 4.90 Å². The van der Waals surface area contributed by atoms with Gasteiger partial charge in [-0.1, -0.05) is 6.07 Å². The normalized spacial score (nSPS) is 18.0. The summed E-state index contributed by atoms with van der Waals surface area (Å²) in [6.07, 6.45) is 1.58. The molecule has 31 heavy (non-hydrogen) atoms. The number of carbonyl (C=O) groups is 1. The number of benzene rings is 2. The van der Waals surface area contributed by atoms with Crippen LogP contribution in [0.2, 0.25) is 0 Å². The van der Waals surface area contributed by atoms with Gasteiger partial charge in [0.1, 0.15) is 41.2 Å². The summed E-state index contributed by atoms with van der Waals surface area (Å²) in [4.78, 5) is 13.5. The zero-order valence-electron chi connectivity index (χ0n) is 17.3. The maximum atomic E-state index is 13.5. The molecule has 4 rings (SSSR count). The van der Waals surface area contributed by atoms with Crippen molar-refractivity contribution >= 4 is 18.4 Å². The lowest BCUT2D eigenvalue weighted by molar-refractivity contribution is -0.00203. The number of likely N-dealkylation sites (tertiary alicyclic amines) is 1. The monoisotopic (exact) mass is 451 g/mol. The first-order valence-corrected chi connectivity index (χ1v) is 10.2. The van der Waals surface area contributed by atoms with Gasteiger partial charge in [0.25, 0.3) is 0 Å². The van der Waals surface area contributed by atoms with E-state index >= 15 is 0 Å². The molecule has 2 aliphatic rings. The number of ether oxygens (including phenoxy) is 2. The average molecular weight is 452 g/mol. The number of hydrogen-bond acceptors (Lipinski definition) is 5. The molecule has 0 aromatic heterocycles. The van der Waals surface area contributed by atoms with Gasteiger partial charge in [-0.3, -0.25) is 0 Å². The second kappa shape index (κ2) is 9.42. The van der Waals surface area contributed by atoms with Crippen LogP contribution < -0.4 is 9.47 Å². The number of aliphatic hydroxyl groups is 1. The molecule has 0 aliphatic carbocycles. The van der Waals surface area contributed by atoms with Crippen LogP contribution in [0, 0.1) is 12.7 Å². The Kier molecular flexibility index (Phi) is 7.09. The number of aromatic carboxylic acids is 1. The van der Waals surface area contributed by atoms with Gasteiger partial charge >= 0.3 is 5.97 Å². The third-order valence-electron chi connectivity index (χ3n) is 5.90. The highest BCUT2D eigenvalue weighted by Gasteiger charge is 2.42. The van der Waals surface area contributed by atoms with Gasteiger partial charge in [0.2, 0.25) is 0 Å². The lowest BCUT2D eigenvalue weighted by Crippen LogP contribution is -2.49. The standard InChI is InChI=1S/C23H26FNO5.ClH/c1-15-2-4-19(22(27)28)21(10-15)29-14-18(26)13-25-8-6-23(7-9-25)12-16-11-17(24)3-5-20(16)30-23;/h2-5,10-11,18,26H,6-9,12-14H2,1H3,(H,27,28);1H/t18-;/m1./s1. The number of β-amino-alcohol motifs (C(OH)–C–C–N with tert-alkyl or cyclic N) is 1. The van der Waals surface area contributed by atoms with Crippen molar-refractivity contribution in [3.63, 3.8) is 0 Å². The molecule has 0 radical (unpaired) electrons. The van der Waals surface area contributed by atoms with Gasteiger partial charge in [0, 0.05) is 44.5 Å². The van der Waals surface area contributed by atoms with Gasteiger partial charge in [-0.15, -0.1) is 12.4 Å². The van der Waals surface area contributed by atoms with Crippen molar-refractivity contribution < 1.29 is 28.9 Å². The number of aliphatic hydroxyl groups excluding tert-OH is 1. The van der Waals surface area contributed by atoms with E-state index in [2.05, 4.69) is 4.90 Å². The Morgan fingerprint density at radius 2 is 2.00 bits per heavy atom. The molecule has 2 heterocycles. The van der Waals surface area contributed by atoms with Gasteiger partial charge in [-0.05, 0) is 42.8 Å². The number of nitrogens with zero attached hydrogens (tertiary/aromatic N) is 1. The molecule has 0 bridgehead atoms. The molecular weight excluding hydrogens is 425 g/mol. The summed E-state index contributed by atoms with van der Waals surface area (Å²) in [7, 11) is 0. The molecule has 8 heteroatoms. The Morgan fingerprint density at radius 3 is 2.71 bits per heavy atom. The van der Waals surface area contributed by atoms with Crippen LogP contribution in [-0.2, 0) is 6.42 Å². The zero-order valence-corrected chi connectivity index (χ0v) is 18.2. The molecule has 2 aliphatic heterocycles. The molecule has 1 saturated heterocycles. The highest BCUT2D eigenvalue weighted by molar-refractivity contribution is 5.91. The van der Waals surface area contributed by atoms with E-state index in [0.717, 1.165) is 42.8 Å². The number of fused-ring (bicyclic) bond motifs is 1. The summed E-state index contributed by atoms with van der Waals surface area (Å²) >= 11 is 0. The van der Waals surface area contributed by atoms with Crippen molar-refractivity contribution in [2.45, 2.75) is 37.9 Å². The molecule has 2 aromatic carbocycles. The van der Waals surface area contributed by atoms with Gasteiger partial charge in [0.15, 0.2) is 0 Å². The van der Waals surface area contributed by atoms with Crippen LogP contribution in [-0.4, -0.2) is 59.0 Å². The second-order valence-corrected chi connectivity index (χ2v) is 8.28. The van der Waals surface area contributed by atoms with Gasteiger partial charge < -0.3 is 24.6 Å². The zero-order chi connectivity index (χ0) is 21.3. The Hall–Kier alpha value is -2.35. The quantitative estimate of drug-likeness (QED) is 0.700. The minimum Gasteiger partial charge on any atom is -0.490 e. The lowest BCUT2D eigenvalue weighted by atomic mass is 9.87. The van der Waals surface area contributed by atoms with Crippen LogP contribution in [0.5, 0.6) is 11.5 Å². The van der Waals surface area contributed by atoms with E-state index in [1.54, 1.807) is 24.3 Å². The summed E-state index contributed by atoms with van der Waals surface area (Å²) in [5, 5.41) is 19.7. The van der Waals surface area contributed by atoms with Crippen molar-refractivity contribution in [3.8, 4) is 11.5 Å². The Morgan fingerprint density at radius 1 is 1.26 bits per heavy atom. The number of carboxylic acids is 1. The molecule has 0 saturated carbocycles. The van der Waals surface area contributed by atoms with Crippen LogP contribution in [0.15, 0.2) is 36.4 Å². The number of aryl methyl sites for hydroxylation is 1. The summed E-state index contributed by atoms with van der Waals surface area (Å²) in [6.45, 7) is 3.84. The average Bonchev–Trinajstić information content (AvgIpc) is 3.05. The third-order valence-corrected chi connectivity index (χ3v) is 5.90. The van der Waals surface area contributed by atoms with Crippen LogP contribution in [0.1, 0.15) is 34.3 Å². The molecular formula is C23H27ClFNO5. The van der Waals surface area contributed by atoms with Gasteiger partial charge in [-0.2, -0.15) is 0 Å². The van der Waals surface area contributed by atoms with E-state index in [1.807, 2.05) is 6.92 Å². The van der Waals surface area contributed by atoms with Crippen LogP contribution >= 0.6 is 12.4 Å². The van der Waals surface area contributed by atoms with Gasteiger partial charge in [0.05, 0.1) is 0 Å². The van der Waals surface area contributed by atoms with Crippen LogP contribution in [0.4, 0.5) is 4.39 Å². The summed E-state index contributed by atoms with van der Waals surface area (Å²) in [5.74, 6) is -0.262. The minimum absolute atomic E-state index is 0. The summed E-state index contributed by atoms with van der Waals surface area (Å²) in [5.41, 5.74) is 1.61. The van der Waals surface area contributed by atoms with Crippen molar-refractivity contribution in [2.75, 3.05) is 26.2 Å². The first-order chi connectivity index (χ1) is 14.3. The molecule has 2 aromatic rings. The summed E-state index contributed by atoms with van der Waals surface area (Å²) < 4.78 is 25.2. The Bertz CT molecular complexity index is 946. The first-order valence-electron chi connectivity index (χ1n) is 10.2. The molecule has 2 N–H and O–H groups in total. The van der Waals surface area contributed by atoms with E-state index in [9.17, 15) is 19.4 Å². The number of halogens is 2. The molecule has 1 spiro atoms. The van der Waals surface area contributed by atoms with E-state index in [1.165, 1.54) is 12.1 Å². The SMILES string of the molecule is Cc1ccc(C(=O)O)c(OC[C@H](O)CN2CCC3(CC2)Cc2cc(F)ccc2O3)c1.Cl. The third kappa shape index (κ3) is 5.29. The van der Waals surface area contributed by atoms with E-state index in [4.69, 9.17) is 9.47 Å². The molecule has 6 nitrogen and oxygen atoms in total. The first kappa shape index (κ1) is 23.3. The minimum atomic E-state index is -1.06. The molecule has 1 fully saturated rings. The smallest absolute Gasteiger partial charge is 0.339 e. The van der Waals surface area contributed by atoms with Gasteiger partial charge in [-0.25, -0.2) is 9.18 Å². The predicted molar refractivity (Wildman–Crippen MR) is 116 cm³/mol. The maximum absolute atomic E-state index is 13.5. The second-order valence-electron chi connectivity index (χ2n) is 8.28. The molecule has 1 atom stereocenters. The highest BCUT2D eigenvalue weighted by Crippen LogP contribution is 2.41. The number of rotatable bonds is 6. The number of carboxylic acid groups (broad SMARTS) is 1. The summed E-state index contributed by atoms with van der Waals surface area (Å²) in [6, 6.07) is 9.56. The molecule has 168 valence electrons. The Labute approximate surface area is 187 Å². The van der Waals surface area contributed by atoms with Crippen molar-refractivity contribution in [1.29, 1.82) is 0 Å². The fourth-order valence-corrected chi connectivity index (χ4v) is 4.29. The fraction of sp³-hybridized carbons (Fsp3) is 0.435. The van der Waals surface area contributed by atoms with Crippen LogP contribution in [0.3, 0.4) is 0 Å². The van der Waals surface area contributed by atoms with Crippen LogP contribution in [0.25, 0.3) is 0 Å². The van der Waals surface area contributed by atoms with Crippen molar-refractivity contribution in [3.05, 3.63) is 58.9 Å². The lowest BCUT2D eigenvalue weighted by Gasteiger charge is -2.39. The maximum Gasteiger partial charge on any atom is 0.339 e. The number of hydrogen-bond donors (Lipinski definition) is 2. The predicted octanol–water partition coefficient (Wildman–Crippen LogP) is 3.46. The molecule has 0 unspecified atom stereocenters. The fourth-order valence-electron chi connectivity index (χ4n) is 4.29. The largest absolute Gasteiger partial charge is 0.490 e. The topological polar surface area (TPSA) is 79.2 Å². The van der Waals surface area contributed by atoms with E-state index in [0.29, 0.717) is 13.0 Å². The molecule has 0 amide bonds. The number of piperidine rings is 1.